The van der Waals surface area contributed by atoms with Gasteiger partial charge in [0.25, 0.3) is 0 Å². The Morgan fingerprint density at radius 1 is 0.579 bits per heavy atom. The van der Waals surface area contributed by atoms with Gasteiger partial charge in [-0.3, -0.25) is 0 Å². The van der Waals surface area contributed by atoms with Crippen molar-refractivity contribution in [2.45, 2.75) is 96.7 Å². The van der Waals surface area contributed by atoms with Crippen LogP contribution in [0.15, 0.2) is 78.9 Å². The van der Waals surface area contributed by atoms with Crippen molar-refractivity contribution in [3.05, 3.63) is 95.6 Å². The lowest BCUT2D eigenvalue weighted by atomic mass is 10.1. The molecule has 0 aromatic heterocycles. The van der Waals surface area contributed by atoms with Gasteiger partial charge in [-0.1, -0.05) is 120 Å². The Balaban J connectivity index is 1.69. The lowest BCUT2D eigenvalue weighted by molar-refractivity contribution is 0.505. The van der Waals surface area contributed by atoms with Crippen LogP contribution in [0.1, 0.15) is 94.7 Å². The molecule has 0 atom stereocenters. The molecule has 0 spiro atoms. The van der Waals surface area contributed by atoms with E-state index in [-0.39, 0.29) is 0 Å². The molecule has 38 heavy (non-hydrogen) atoms. The van der Waals surface area contributed by atoms with Crippen LogP contribution in [0.4, 0.5) is 0 Å². The monoisotopic (exact) mass is 568 g/mol. The van der Waals surface area contributed by atoms with E-state index in [1.165, 1.54) is 80.9 Å². The quantitative estimate of drug-likeness (QED) is 0.106. The minimum Gasteiger partial charge on any atom is -0.428 e. The van der Waals surface area contributed by atoms with Crippen LogP contribution in [0.5, 0.6) is 11.5 Å². The molecule has 0 N–H and O–H groups in total. The molecule has 3 rings (SSSR count). The van der Waals surface area contributed by atoms with Crippen LogP contribution >= 0.6 is 17.1 Å². The van der Waals surface area contributed by atoms with Crippen LogP contribution in [0.25, 0.3) is 0 Å². The minimum atomic E-state index is -2.70. The van der Waals surface area contributed by atoms with Gasteiger partial charge in [-0.15, -0.1) is 0 Å². The van der Waals surface area contributed by atoms with Gasteiger partial charge in [0.15, 0.2) is 0 Å². The van der Waals surface area contributed by atoms with E-state index in [0.29, 0.717) is 0 Å². The van der Waals surface area contributed by atoms with Crippen molar-refractivity contribution in [2.24, 2.45) is 0 Å². The molecule has 0 aliphatic rings. The number of hydrogen-bond acceptors (Lipinski definition) is 4. The maximum absolute atomic E-state index is 6.55. The topological polar surface area (TPSA) is 18.5 Å². The molecule has 3 aromatic carbocycles. The fraction of sp³-hybridized carbons (Fsp3) is 0.455. The maximum Gasteiger partial charge on any atom is 0.348 e. The molecule has 0 aliphatic carbocycles. The average molecular weight is 569 g/mol. The molecule has 0 aliphatic heterocycles. The van der Waals surface area contributed by atoms with Gasteiger partial charge in [-0.2, -0.15) is 0 Å². The third kappa shape index (κ3) is 12.0. The van der Waals surface area contributed by atoms with Crippen LogP contribution in [-0.2, 0) is 30.4 Å². The number of rotatable bonds is 19. The highest BCUT2D eigenvalue weighted by atomic mass is 32.9. The van der Waals surface area contributed by atoms with Crippen molar-refractivity contribution < 1.29 is 9.05 Å². The lowest BCUT2D eigenvalue weighted by Gasteiger charge is -2.23. The Hall–Kier alpha value is -1.74. The van der Waals surface area contributed by atoms with Gasteiger partial charge in [0, 0.05) is 5.75 Å². The van der Waals surface area contributed by atoms with Crippen molar-refractivity contribution in [1.82, 2.24) is 0 Å². The molecule has 0 radical (unpaired) electrons. The molecular weight excluding hydrogens is 523 g/mol. The third-order valence-corrected chi connectivity index (χ3v) is 11.4. The second kappa shape index (κ2) is 17.8. The zero-order valence-electron chi connectivity index (χ0n) is 23.3. The van der Waals surface area contributed by atoms with Crippen molar-refractivity contribution in [3.63, 3.8) is 0 Å². The third-order valence-electron chi connectivity index (χ3n) is 6.60. The van der Waals surface area contributed by atoms with Gasteiger partial charge < -0.3 is 9.05 Å². The Bertz CT molecular complexity index is 1040. The van der Waals surface area contributed by atoms with Crippen molar-refractivity contribution >= 4 is 28.9 Å². The van der Waals surface area contributed by atoms with Crippen LogP contribution in [0.2, 0.25) is 0 Å². The smallest absolute Gasteiger partial charge is 0.348 e. The summed E-state index contributed by atoms with van der Waals surface area (Å²) in [4.78, 5) is 0. The summed E-state index contributed by atoms with van der Waals surface area (Å²) in [5.41, 5.74) is 1.13. The first kappa shape index (κ1) is 30.8. The predicted octanol–water partition coefficient (Wildman–Crippen LogP) is 11.3. The highest BCUT2D eigenvalue weighted by Gasteiger charge is 2.24. The molecule has 0 saturated carbocycles. The van der Waals surface area contributed by atoms with Crippen LogP contribution < -0.4 is 9.05 Å². The molecule has 0 heterocycles. The molecule has 206 valence electrons. The van der Waals surface area contributed by atoms with Crippen LogP contribution in [0.3, 0.4) is 0 Å². The Morgan fingerprint density at radius 2 is 1.05 bits per heavy atom. The van der Waals surface area contributed by atoms with E-state index in [1.807, 2.05) is 18.2 Å². The number of unbranched alkanes of at least 4 members (excludes halogenated alkanes) is 8. The number of hydrogen-bond donors (Lipinski definition) is 0. The summed E-state index contributed by atoms with van der Waals surface area (Å²) in [5, 5.41) is 0. The van der Waals surface area contributed by atoms with E-state index in [4.69, 9.17) is 20.9 Å². The summed E-state index contributed by atoms with van der Waals surface area (Å²) in [5.74, 6) is 2.38. The molecule has 0 saturated heterocycles. The van der Waals surface area contributed by atoms with Gasteiger partial charge in [-0.25, -0.2) is 0 Å². The summed E-state index contributed by atoms with van der Waals surface area (Å²) in [6.07, 6.45) is 14.9. The molecular formula is C33H45O2PS2. The first-order valence-electron chi connectivity index (χ1n) is 14.5. The summed E-state index contributed by atoms with van der Waals surface area (Å²) >= 11 is 7.77. The van der Waals surface area contributed by atoms with Crippen LogP contribution in [0, 0.1) is 0 Å². The van der Waals surface area contributed by atoms with E-state index < -0.39 is 5.69 Å². The lowest BCUT2D eigenvalue weighted by Crippen LogP contribution is -2.00. The average Bonchev–Trinajstić information content (AvgIpc) is 2.93. The molecule has 5 heteroatoms. The fourth-order valence-corrected chi connectivity index (χ4v) is 8.57. The Kier molecular flexibility index (Phi) is 14.4. The highest BCUT2D eigenvalue weighted by molar-refractivity contribution is 8.67. The summed E-state index contributed by atoms with van der Waals surface area (Å²) in [6, 6.07) is 27.3. The number of benzene rings is 3. The molecule has 0 fully saturated rings. The standard InChI is InChI=1S/C33H45O2PS2/c1-3-5-7-9-12-18-29-22-16-24-32(26-29)34-36(37,38-28-31-20-14-11-15-21-31)35-33-25-17-23-30(27-33)19-13-10-8-6-4-2/h11,14-17,20-27H,3-10,12-13,18-19,28H2,1-2H3. The highest BCUT2D eigenvalue weighted by Crippen LogP contribution is 2.61. The van der Waals surface area contributed by atoms with Crippen molar-refractivity contribution in [1.29, 1.82) is 0 Å². The van der Waals surface area contributed by atoms with Gasteiger partial charge in [0.2, 0.25) is 0 Å². The van der Waals surface area contributed by atoms with Gasteiger partial charge in [0.05, 0.1) is 0 Å². The van der Waals surface area contributed by atoms with Crippen molar-refractivity contribution in [2.75, 3.05) is 0 Å². The maximum atomic E-state index is 6.55. The molecule has 2 nitrogen and oxygen atoms in total. The predicted molar refractivity (Wildman–Crippen MR) is 171 cm³/mol. The Morgan fingerprint density at radius 3 is 1.55 bits per heavy atom. The minimum absolute atomic E-state index is 0.756. The van der Waals surface area contributed by atoms with Gasteiger partial charge in [-0.05, 0) is 89.8 Å². The summed E-state index contributed by atoms with van der Waals surface area (Å²) in [7, 11) is 0. The van der Waals surface area contributed by atoms with E-state index >= 15 is 0 Å². The second-order valence-electron chi connectivity index (χ2n) is 10.0. The van der Waals surface area contributed by atoms with Gasteiger partial charge >= 0.3 is 5.69 Å². The number of aryl methyl sites for hydroxylation is 2. The van der Waals surface area contributed by atoms with E-state index in [2.05, 4.69) is 74.5 Å². The summed E-state index contributed by atoms with van der Waals surface area (Å²) in [6.45, 7) is 4.52. The van der Waals surface area contributed by atoms with E-state index in [0.717, 1.165) is 30.1 Å². The Labute approximate surface area is 240 Å². The first-order chi connectivity index (χ1) is 18.6. The zero-order valence-corrected chi connectivity index (χ0v) is 25.8. The zero-order chi connectivity index (χ0) is 26.9. The van der Waals surface area contributed by atoms with E-state index in [1.54, 1.807) is 11.4 Å². The molecule has 0 bridgehead atoms. The van der Waals surface area contributed by atoms with Crippen molar-refractivity contribution in [3.8, 4) is 11.5 Å². The van der Waals surface area contributed by atoms with E-state index in [9.17, 15) is 0 Å². The summed E-state index contributed by atoms with van der Waals surface area (Å²) < 4.78 is 13.1. The van der Waals surface area contributed by atoms with Crippen LogP contribution in [-0.4, -0.2) is 0 Å². The van der Waals surface area contributed by atoms with Gasteiger partial charge in [0.1, 0.15) is 11.5 Å². The second-order valence-corrected chi connectivity index (χ2v) is 16.2. The fourth-order valence-electron chi connectivity index (χ4n) is 4.44. The molecule has 0 amide bonds. The SMILES string of the molecule is CCCCCCCc1cccc(OP(=S)(Oc2cccc(CCCCCCC)c2)SCc2ccccc2)c1. The first-order valence-corrected chi connectivity index (χ1v) is 18.7. The largest absolute Gasteiger partial charge is 0.428 e. The normalized spacial score (nSPS) is 11.4. The molecule has 3 aromatic rings. The molecule has 0 unspecified atom stereocenters.